The summed E-state index contributed by atoms with van der Waals surface area (Å²) in [6.07, 6.45) is -0.0483. The van der Waals surface area contributed by atoms with E-state index in [4.69, 9.17) is 9.57 Å². The van der Waals surface area contributed by atoms with Gasteiger partial charge < -0.3 is 14.9 Å². The molecule has 176 valence electrons. The van der Waals surface area contributed by atoms with E-state index in [-0.39, 0.29) is 28.9 Å². The smallest absolute Gasteiger partial charge is 0.273 e. The van der Waals surface area contributed by atoms with E-state index in [1.165, 1.54) is 29.6 Å². The van der Waals surface area contributed by atoms with Gasteiger partial charge in [0.2, 0.25) is 0 Å². The molecule has 8 nitrogen and oxygen atoms in total. The summed E-state index contributed by atoms with van der Waals surface area (Å²) < 4.78 is 33.4. The molecule has 1 N–H and O–H groups in total. The molecule has 3 aromatic rings. The number of methoxy groups -OCH3 is 1. The van der Waals surface area contributed by atoms with Crippen molar-refractivity contribution in [1.82, 2.24) is 0 Å². The van der Waals surface area contributed by atoms with Crippen LogP contribution in [0.5, 0.6) is 5.75 Å². The van der Waals surface area contributed by atoms with Crippen molar-refractivity contribution in [2.75, 3.05) is 23.3 Å². The van der Waals surface area contributed by atoms with Crippen LogP contribution in [0.1, 0.15) is 25.0 Å². The number of carbonyl (C=O) groups is 1. The van der Waals surface area contributed by atoms with Crippen LogP contribution in [0.2, 0.25) is 0 Å². The third-order valence-electron chi connectivity index (χ3n) is 5.44. The van der Waals surface area contributed by atoms with Crippen molar-refractivity contribution in [2.24, 2.45) is 5.16 Å². The number of hydrogen-bond donors (Lipinski definition) is 1. The quantitative estimate of drug-likeness (QED) is 0.518. The highest BCUT2D eigenvalue weighted by molar-refractivity contribution is 7.92. The summed E-state index contributed by atoms with van der Waals surface area (Å²) in [4.78, 5) is 18.4. The minimum absolute atomic E-state index is 0.0288. The summed E-state index contributed by atoms with van der Waals surface area (Å²) >= 11 is 0. The summed E-state index contributed by atoms with van der Waals surface area (Å²) in [5.74, 6) is -0.157. The van der Waals surface area contributed by atoms with Crippen LogP contribution in [0.15, 0.2) is 88.9 Å². The predicted molar refractivity (Wildman–Crippen MR) is 131 cm³/mol. The largest absolute Gasteiger partial charge is 0.495 e. The number of amides is 1. The summed E-state index contributed by atoms with van der Waals surface area (Å²) in [7, 11) is -2.43. The van der Waals surface area contributed by atoms with Crippen LogP contribution >= 0.6 is 0 Å². The number of nitrogens with zero attached hydrogens (tertiary/aromatic N) is 2. The van der Waals surface area contributed by atoms with E-state index in [2.05, 4.69) is 10.5 Å². The summed E-state index contributed by atoms with van der Waals surface area (Å²) in [5, 5.41) is 6.66. The number of carbonyl (C=O) groups excluding carboxylic acids is 1. The molecule has 0 aromatic heterocycles. The molecule has 1 amide bonds. The van der Waals surface area contributed by atoms with E-state index in [1.54, 1.807) is 31.2 Å². The Labute approximate surface area is 198 Å². The second-order valence-electron chi connectivity index (χ2n) is 7.57. The zero-order chi connectivity index (χ0) is 24.1. The lowest BCUT2D eigenvalue weighted by Gasteiger charge is -2.23. The van der Waals surface area contributed by atoms with Crippen LogP contribution in [-0.2, 0) is 19.7 Å². The molecular weight excluding hydrogens is 454 g/mol. The highest BCUT2D eigenvalue weighted by atomic mass is 32.2. The highest BCUT2D eigenvalue weighted by Crippen LogP contribution is 2.32. The molecule has 9 heteroatoms. The first-order valence-electron chi connectivity index (χ1n) is 10.8. The van der Waals surface area contributed by atoms with Gasteiger partial charge in [0, 0.05) is 13.0 Å². The van der Waals surface area contributed by atoms with Gasteiger partial charge in [0.1, 0.15) is 11.5 Å². The second-order valence-corrected chi connectivity index (χ2v) is 9.43. The maximum Gasteiger partial charge on any atom is 0.273 e. The first-order valence-corrected chi connectivity index (χ1v) is 12.2. The lowest BCUT2D eigenvalue weighted by Crippen LogP contribution is -2.31. The number of anilines is 2. The molecule has 1 aliphatic heterocycles. The Morgan fingerprint density at radius 3 is 2.41 bits per heavy atom. The molecule has 0 saturated heterocycles. The number of sulfonamides is 1. The highest BCUT2D eigenvalue weighted by Gasteiger charge is 2.29. The lowest BCUT2D eigenvalue weighted by molar-refractivity contribution is -0.110. The molecule has 1 unspecified atom stereocenters. The van der Waals surface area contributed by atoms with Crippen molar-refractivity contribution in [2.45, 2.75) is 24.3 Å². The molecule has 34 heavy (non-hydrogen) atoms. The van der Waals surface area contributed by atoms with E-state index in [9.17, 15) is 13.2 Å². The first kappa shape index (κ1) is 23.3. The minimum Gasteiger partial charge on any atom is -0.495 e. The Bertz CT molecular complexity index is 1290. The van der Waals surface area contributed by atoms with Gasteiger partial charge in [0.25, 0.3) is 15.9 Å². The fraction of sp³-hybridized carbons (Fsp3) is 0.200. The van der Waals surface area contributed by atoms with Gasteiger partial charge in [-0.25, -0.2) is 8.42 Å². The number of hydrogen-bond acceptors (Lipinski definition) is 6. The number of rotatable bonds is 8. The molecule has 3 aromatic carbocycles. The van der Waals surface area contributed by atoms with E-state index < -0.39 is 15.9 Å². The monoisotopic (exact) mass is 479 g/mol. The van der Waals surface area contributed by atoms with Crippen molar-refractivity contribution in [3.8, 4) is 5.75 Å². The summed E-state index contributed by atoms with van der Waals surface area (Å²) in [6, 6.07) is 22.7. The van der Waals surface area contributed by atoms with Crippen molar-refractivity contribution < 1.29 is 22.8 Å². The maximum absolute atomic E-state index is 13.4. The van der Waals surface area contributed by atoms with Crippen molar-refractivity contribution in [3.63, 3.8) is 0 Å². The second kappa shape index (κ2) is 9.96. The molecule has 4 rings (SSSR count). The zero-order valence-electron chi connectivity index (χ0n) is 18.8. The van der Waals surface area contributed by atoms with Crippen LogP contribution in [0, 0.1) is 0 Å². The van der Waals surface area contributed by atoms with Gasteiger partial charge in [-0.1, -0.05) is 53.7 Å². The van der Waals surface area contributed by atoms with Crippen LogP contribution in [0.25, 0.3) is 0 Å². The molecule has 0 radical (unpaired) electrons. The molecule has 0 fully saturated rings. The van der Waals surface area contributed by atoms with Gasteiger partial charge in [-0.05, 0) is 42.8 Å². The topological polar surface area (TPSA) is 97.3 Å². The summed E-state index contributed by atoms with van der Waals surface area (Å²) in [6.45, 7) is 2.01. The maximum atomic E-state index is 13.4. The lowest BCUT2D eigenvalue weighted by atomic mass is 10.0. The fourth-order valence-electron chi connectivity index (χ4n) is 3.71. The van der Waals surface area contributed by atoms with Gasteiger partial charge in [-0.15, -0.1) is 0 Å². The van der Waals surface area contributed by atoms with Crippen LogP contribution < -0.4 is 14.4 Å². The normalized spacial score (nSPS) is 15.2. The number of para-hydroxylation sites is 1. The fourth-order valence-corrected chi connectivity index (χ4v) is 5.21. The van der Waals surface area contributed by atoms with Crippen molar-refractivity contribution >= 4 is 33.0 Å². The average molecular weight is 480 g/mol. The van der Waals surface area contributed by atoms with Crippen LogP contribution in [0.3, 0.4) is 0 Å². The average Bonchev–Trinajstić information content (AvgIpc) is 3.36. The van der Waals surface area contributed by atoms with Crippen LogP contribution in [0.4, 0.5) is 11.4 Å². The van der Waals surface area contributed by atoms with E-state index in [0.29, 0.717) is 17.9 Å². The van der Waals surface area contributed by atoms with Crippen molar-refractivity contribution in [1.29, 1.82) is 0 Å². The molecule has 0 saturated carbocycles. The van der Waals surface area contributed by atoms with Crippen molar-refractivity contribution in [3.05, 3.63) is 84.4 Å². The van der Waals surface area contributed by atoms with Gasteiger partial charge in [0.05, 0.1) is 23.4 Å². The first-order chi connectivity index (χ1) is 16.4. The molecule has 0 spiro atoms. The third-order valence-corrected chi connectivity index (χ3v) is 7.34. The number of oxime groups is 1. The van der Waals surface area contributed by atoms with E-state index >= 15 is 0 Å². The number of benzene rings is 3. The zero-order valence-corrected chi connectivity index (χ0v) is 19.7. The Kier molecular flexibility index (Phi) is 6.83. The third kappa shape index (κ3) is 4.74. The van der Waals surface area contributed by atoms with Gasteiger partial charge in [-0.2, -0.15) is 0 Å². The Morgan fingerprint density at radius 1 is 1.09 bits per heavy atom. The molecular formula is C25H25N3O5S. The molecule has 0 aliphatic carbocycles. The standard InChI is InChI=1S/C25H25N3O5S/c1-3-28(19-12-8-5-9-13-19)34(30,31)20-14-15-23(32-2)21(16-20)26-25(29)22-17-24(33-27-22)18-10-6-4-7-11-18/h4-16,24H,3,17H2,1-2H3,(H,26,29). The predicted octanol–water partition coefficient (Wildman–Crippen LogP) is 4.37. The minimum atomic E-state index is -3.88. The molecule has 1 heterocycles. The molecule has 1 atom stereocenters. The van der Waals surface area contributed by atoms with Crippen LogP contribution in [-0.4, -0.2) is 33.7 Å². The van der Waals surface area contributed by atoms with Gasteiger partial charge in [0.15, 0.2) is 6.10 Å². The number of nitrogens with one attached hydrogen (secondary N) is 1. The SMILES string of the molecule is CCN(c1ccccc1)S(=O)(=O)c1ccc(OC)c(NC(=O)C2=NOC(c3ccccc3)C2)c1. The summed E-state index contributed by atoms with van der Waals surface area (Å²) in [5.41, 5.74) is 1.91. The van der Waals surface area contributed by atoms with E-state index in [0.717, 1.165) is 5.56 Å². The Morgan fingerprint density at radius 2 is 1.76 bits per heavy atom. The van der Waals surface area contributed by atoms with Gasteiger partial charge in [-0.3, -0.25) is 9.10 Å². The Balaban J connectivity index is 1.56. The molecule has 0 bridgehead atoms. The van der Waals surface area contributed by atoms with E-state index in [1.807, 2.05) is 36.4 Å². The van der Waals surface area contributed by atoms with Gasteiger partial charge >= 0.3 is 0 Å². The number of ether oxygens (including phenoxy) is 1. The molecule has 1 aliphatic rings. The Hall–Kier alpha value is -3.85.